The maximum atomic E-state index is 12.4. The van der Waals surface area contributed by atoms with Crippen molar-refractivity contribution in [3.63, 3.8) is 0 Å². The SMILES string of the molecule is O=C(O)CC1CN(C(=O)NC2CC=CC2)c2ccccc21. The lowest BCUT2D eigenvalue weighted by Gasteiger charge is -2.21. The van der Waals surface area contributed by atoms with Crippen LogP contribution in [0.2, 0.25) is 0 Å². The van der Waals surface area contributed by atoms with Crippen molar-refractivity contribution in [2.24, 2.45) is 0 Å². The molecule has 5 heteroatoms. The Hall–Kier alpha value is -2.30. The lowest BCUT2D eigenvalue weighted by Crippen LogP contribution is -2.43. The van der Waals surface area contributed by atoms with Gasteiger partial charge in [0, 0.05) is 24.2 Å². The minimum absolute atomic E-state index is 0.0474. The molecule has 1 aliphatic carbocycles. The zero-order valence-corrected chi connectivity index (χ0v) is 11.7. The number of carboxylic acids is 1. The first-order valence-corrected chi connectivity index (χ1v) is 7.19. The topological polar surface area (TPSA) is 69.6 Å². The number of hydrogen-bond acceptors (Lipinski definition) is 2. The number of nitrogens with one attached hydrogen (secondary N) is 1. The van der Waals surface area contributed by atoms with Crippen molar-refractivity contribution in [2.45, 2.75) is 31.2 Å². The fraction of sp³-hybridized carbons (Fsp3) is 0.375. The van der Waals surface area contributed by atoms with Crippen LogP contribution in [0.1, 0.15) is 30.7 Å². The second kappa shape index (κ2) is 5.60. The van der Waals surface area contributed by atoms with E-state index in [0.29, 0.717) is 6.54 Å². The second-order valence-electron chi connectivity index (χ2n) is 5.55. The van der Waals surface area contributed by atoms with E-state index < -0.39 is 5.97 Å². The number of aliphatic carboxylic acids is 1. The molecule has 1 atom stereocenters. The summed E-state index contributed by atoms with van der Waals surface area (Å²) in [4.78, 5) is 25.1. The largest absolute Gasteiger partial charge is 0.481 e. The van der Waals surface area contributed by atoms with Gasteiger partial charge < -0.3 is 10.4 Å². The van der Waals surface area contributed by atoms with Crippen molar-refractivity contribution in [2.75, 3.05) is 11.4 Å². The number of hydrogen-bond donors (Lipinski definition) is 2. The molecule has 0 fully saturated rings. The number of fused-ring (bicyclic) bond motifs is 1. The molecule has 0 aromatic heterocycles. The normalized spacial score (nSPS) is 20.6. The minimum atomic E-state index is -0.836. The third-order valence-electron chi connectivity index (χ3n) is 4.07. The zero-order valence-electron chi connectivity index (χ0n) is 11.7. The summed E-state index contributed by atoms with van der Waals surface area (Å²) in [5.41, 5.74) is 1.77. The van der Waals surface area contributed by atoms with Crippen LogP contribution in [0.25, 0.3) is 0 Å². The molecule has 110 valence electrons. The molecule has 5 nitrogen and oxygen atoms in total. The number of nitrogens with zero attached hydrogens (tertiary/aromatic N) is 1. The number of benzene rings is 1. The molecule has 0 radical (unpaired) electrons. The van der Waals surface area contributed by atoms with Crippen LogP contribution >= 0.6 is 0 Å². The van der Waals surface area contributed by atoms with Crippen LogP contribution in [0.4, 0.5) is 10.5 Å². The molecule has 1 heterocycles. The molecule has 1 aromatic carbocycles. The lowest BCUT2D eigenvalue weighted by molar-refractivity contribution is -0.137. The van der Waals surface area contributed by atoms with Gasteiger partial charge in [0.25, 0.3) is 0 Å². The van der Waals surface area contributed by atoms with E-state index >= 15 is 0 Å². The van der Waals surface area contributed by atoms with Crippen LogP contribution in [-0.2, 0) is 4.79 Å². The Balaban J connectivity index is 1.77. The molecule has 1 aromatic rings. The zero-order chi connectivity index (χ0) is 14.8. The summed E-state index contributed by atoms with van der Waals surface area (Å²) in [6.45, 7) is 0.428. The van der Waals surface area contributed by atoms with Crippen molar-refractivity contribution in [1.82, 2.24) is 5.32 Å². The summed E-state index contributed by atoms with van der Waals surface area (Å²) in [7, 11) is 0. The first-order chi connectivity index (χ1) is 10.1. The van der Waals surface area contributed by atoms with Crippen LogP contribution in [0.3, 0.4) is 0 Å². The standard InChI is InChI=1S/C16H18N2O3/c19-15(20)9-11-10-18(14-8-4-3-7-13(11)14)16(21)17-12-5-1-2-6-12/h1-4,7-8,11-12H,5-6,9-10H2,(H,17,21)(H,19,20). The van der Waals surface area contributed by atoms with Gasteiger partial charge in [0.1, 0.15) is 0 Å². The second-order valence-corrected chi connectivity index (χ2v) is 5.55. The molecule has 1 unspecified atom stereocenters. The smallest absolute Gasteiger partial charge is 0.322 e. The molecular formula is C16H18N2O3. The Labute approximate surface area is 123 Å². The molecular weight excluding hydrogens is 268 g/mol. The van der Waals surface area contributed by atoms with Gasteiger partial charge in [-0.2, -0.15) is 0 Å². The fourth-order valence-electron chi connectivity index (χ4n) is 3.06. The van der Waals surface area contributed by atoms with Gasteiger partial charge in [-0.05, 0) is 24.5 Å². The molecule has 2 amide bonds. The van der Waals surface area contributed by atoms with E-state index in [-0.39, 0.29) is 24.4 Å². The fourth-order valence-corrected chi connectivity index (χ4v) is 3.06. The van der Waals surface area contributed by atoms with E-state index in [4.69, 9.17) is 5.11 Å². The van der Waals surface area contributed by atoms with Crippen molar-refractivity contribution in [3.8, 4) is 0 Å². The monoisotopic (exact) mass is 286 g/mol. The van der Waals surface area contributed by atoms with Crippen LogP contribution < -0.4 is 10.2 Å². The Kier molecular flexibility index (Phi) is 3.64. The number of carbonyl (C=O) groups excluding carboxylic acids is 1. The van der Waals surface area contributed by atoms with Crippen LogP contribution in [0, 0.1) is 0 Å². The minimum Gasteiger partial charge on any atom is -0.481 e. The van der Waals surface area contributed by atoms with Crippen molar-refractivity contribution in [1.29, 1.82) is 0 Å². The van der Waals surface area contributed by atoms with Crippen molar-refractivity contribution >= 4 is 17.7 Å². The molecule has 3 rings (SSSR count). The molecule has 0 saturated carbocycles. The highest BCUT2D eigenvalue weighted by atomic mass is 16.4. The van der Waals surface area contributed by atoms with Gasteiger partial charge in [0.2, 0.25) is 0 Å². The number of rotatable bonds is 3. The Morgan fingerprint density at radius 3 is 2.67 bits per heavy atom. The molecule has 2 aliphatic rings. The van der Waals surface area contributed by atoms with E-state index in [1.54, 1.807) is 4.90 Å². The number of urea groups is 1. The highest BCUT2D eigenvalue weighted by molar-refractivity contribution is 5.95. The predicted octanol–water partition coefficient (Wildman–Crippen LogP) is 2.49. The maximum Gasteiger partial charge on any atom is 0.322 e. The molecule has 0 bridgehead atoms. The van der Waals surface area contributed by atoms with Crippen LogP contribution in [-0.4, -0.2) is 29.7 Å². The molecule has 1 aliphatic heterocycles. The first kappa shape index (κ1) is 13.7. The van der Waals surface area contributed by atoms with Gasteiger partial charge in [0.15, 0.2) is 0 Å². The Bertz CT molecular complexity index is 589. The average molecular weight is 286 g/mol. The van der Waals surface area contributed by atoms with E-state index in [9.17, 15) is 9.59 Å². The number of carbonyl (C=O) groups is 2. The van der Waals surface area contributed by atoms with E-state index in [1.165, 1.54) is 0 Å². The van der Waals surface area contributed by atoms with Gasteiger partial charge in [-0.1, -0.05) is 30.4 Å². The van der Waals surface area contributed by atoms with Crippen LogP contribution in [0.5, 0.6) is 0 Å². The summed E-state index contributed by atoms with van der Waals surface area (Å²) < 4.78 is 0. The highest BCUT2D eigenvalue weighted by Gasteiger charge is 2.33. The summed E-state index contributed by atoms with van der Waals surface area (Å²) in [5, 5.41) is 12.0. The number of anilines is 1. The third kappa shape index (κ3) is 2.77. The number of para-hydroxylation sites is 1. The summed E-state index contributed by atoms with van der Waals surface area (Å²) in [6.07, 6.45) is 5.90. The summed E-state index contributed by atoms with van der Waals surface area (Å²) in [5.74, 6) is -0.969. The van der Waals surface area contributed by atoms with Gasteiger partial charge in [-0.25, -0.2) is 4.79 Å². The molecule has 0 saturated heterocycles. The predicted molar refractivity (Wildman–Crippen MR) is 79.5 cm³/mol. The van der Waals surface area contributed by atoms with Crippen LogP contribution in [0.15, 0.2) is 36.4 Å². The molecule has 2 N–H and O–H groups in total. The van der Waals surface area contributed by atoms with Crippen molar-refractivity contribution < 1.29 is 14.7 Å². The van der Waals surface area contributed by atoms with Gasteiger partial charge in [-0.3, -0.25) is 9.69 Å². The highest BCUT2D eigenvalue weighted by Crippen LogP contribution is 2.38. The van der Waals surface area contributed by atoms with Gasteiger partial charge in [-0.15, -0.1) is 0 Å². The Morgan fingerprint density at radius 2 is 1.95 bits per heavy atom. The van der Waals surface area contributed by atoms with E-state index in [0.717, 1.165) is 24.1 Å². The van der Waals surface area contributed by atoms with Gasteiger partial charge >= 0.3 is 12.0 Å². The lowest BCUT2D eigenvalue weighted by atomic mass is 9.98. The third-order valence-corrected chi connectivity index (χ3v) is 4.07. The quantitative estimate of drug-likeness (QED) is 0.839. The molecule has 0 spiro atoms. The maximum absolute atomic E-state index is 12.4. The van der Waals surface area contributed by atoms with E-state index in [2.05, 4.69) is 17.5 Å². The average Bonchev–Trinajstić information content (AvgIpc) is 3.07. The number of carboxylic acid groups (broad SMARTS) is 1. The molecule has 21 heavy (non-hydrogen) atoms. The van der Waals surface area contributed by atoms with E-state index in [1.807, 2.05) is 24.3 Å². The first-order valence-electron chi connectivity index (χ1n) is 7.19. The summed E-state index contributed by atoms with van der Waals surface area (Å²) in [6, 6.07) is 7.57. The van der Waals surface area contributed by atoms with Gasteiger partial charge in [0.05, 0.1) is 6.42 Å². The van der Waals surface area contributed by atoms with Crippen molar-refractivity contribution in [3.05, 3.63) is 42.0 Å². The number of amides is 2. The summed E-state index contributed by atoms with van der Waals surface area (Å²) >= 11 is 0. The Morgan fingerprint density at radius 1 is 1.24 bits per heavy atom.